The van der Waals surface area contributed by atoms with Crippen LogP contribution in [0.1, 0.15) is 42.8 Å². The first-order valence-electron chi connectivity index (χ1n) is 7.42. The lowest BCUT2D eigenvalue weighted by Gasteiger charge is -2.09. The molecule has 0 fully saturated rings. The summed E-state index contributed by atoms with van der Waals surface area (Å²) in [6.07, 6.45) is 2.06. The maximum Gasteiger partial charge on any atom is 0.131 e. The standard InChI is InChI=1S/C17H25N3/c1-6-8-15-19-16(17(18)20(15)7-2)14-10-12(4)11(3)9-13(14)5/h9-10H,6-8,18H2,1-5H3. The number of imidazole rings is 1. The average Bonchev–Trinajstić information content (AvgIpc) is 2.71. The summed E-state index contributed by atoms with van der Waals surface area (Å²) in [5.74, 6) is 1.89. The molecule has 1 heterocycles. The minimum absolute atomic E-state index is 0.794. The van der Waals surface area contributed by atoms with E-state index in [9.17, 15) is 0 Å². The van der Waals surface area contributed by atoms with E-state index in [4.69, 9.17) is 10.7 Å². The van der Waals surface area contributed by atoms with Crippen molar-refractivity contribution in [3.63, 3.8) is 0 Å². The molecule has 0 unspecified atom stereocenters. The van der Waals surface area contributed by atoms with Gasteiger partial charge in [0.1, 0.15) is 17.3 Å². The quantitative estimate of drug-likeness (QED) is 0.912. The fourth-order valence-corrected chi connectivity index (χ4v) is 2.69. The highest BCUT2D eigenvalue weighted by molar-refractivity contribution is 5.74. The number of nitrogens with two attached hydrogens (primary N) is 1. The fourth-order valence-electron chi connectivity index (χ4n) is 2.69. The van der Waals surface area contributed by atoms with Gasteiger partial charge < -0.3 is 10.3 Å². The summed E-state index contributed by atoms with van der Waals surface area (Å²) in [5, 5.41) is 0. The number of hydrogen-bond donors (Lipinski definition) is 1. The van der Waals surface area contributed by atoms with E-state index in [0.717, 1.165) is 42.3 Å². The minimum atomic E-state index is 0.794. The molecular weight excluding hydrogens is 246 g/mol. The fraction of sp³-hybridized carbons (Fsp3) is 0.471. The molecule has 0 atom stereocenters. The van der Waals surface area contributed by atoms with Crippen LogP contribution in [0.4, 0.5) is 5.82 Å². The molecule has 0 aliphatic rings. The van der Waals surface area contributed by atoms with E-state index in [1.54, 1.807) is 0 Å². The van der Waals surface area contributed by atoms with E-state index in [-0.39, 0.29) is 0 Å². The summed E-state index contributed by atoms with van der Waals surface area (Å²) >= 11 is 0. The Labute approximate surface area is 121 Å². The highest BCUT2D eigenvalue weighted by atomic mass is 15.1. The van der Waals surface area contributed by atoms with Gasteiger partial charge >= 0.3 is 0 Å². The largest absolute Gasteiger partial charge is 0.383 e. The van der Waals surface area contributed by atoms with Crippen LogP contribution in [-0.4, -0.2) is 9.55 Å². The molecule has 0 bridgehead atoms. The molecule has 3 heteroatoms. The monoisotopic (exact) mass is 271 g/mol. The smallest absolute Gasteiger partial charge is 0.131 e. The maximum absolute atomic E-state index is 6.33. The number of hydrogen-bond acceptors (Lipinski definition) is 2. The van der Waals surface area contributed by atoms with Crippen LogP contribution in [0.25, 0.3) is 11.3 Å². The Bertz CT molecular complexity index is 624. The van der Waals surface area contributed by atoms with Crippen LogP contribution in [-0.2, 0) is 13.0 Å². The molecule has 3 nitrogen and oxygen atoms in total. The van der Waals surface area contributed by atoms with Crippen LogP contribution in [0.5, 0.6) is 0 Å². The van der Waals surface area contributed by atoms with Crippen LogP contribution in [0.3, 0.4) is 0 Å². The van der Waals surface area contributed by atoms with E-state index in [1.165, 1.54) is 16.7 Å². The Hall–Kier alpha value is -1.77. The van der Waals surface area contributed by atoms with E-state index >= 15 is 0 Å². The second-order valence-electron chi connectivity index (χ2n) is 5.51. The Kier molecular flexibility index (Phi) is 4.17. The Morgan fingerprint density at radius 2 is 1.70 bits per heavy atom. The van der Waals surface area contributed by atoms with Crippen LogP contribution in [0.2, 0.25) is 0 Å². The maximum atomic E-state index is 6.33. The van der Waals surface area contributed by atoms with Crippen LogP contribution in [0.15, 0.2) is 12.1 Å². The van der Waals surface area contributed by atoms with Gasteiger partial charge in [-0.3, -0.25) is 0 Å². The molecule has 108 valence electrons. The minimum Gasteiger partial charge on any atom is -0.383 e. The van der Waals surface area contributed by atoms with Gasteiger partial charge in [0, 0.05) is 18.5 Å². The van der Waals surface area contributed by atoms with Gasteiger partial charge in [-0.1, -0.05) is 13.0 Å². The number of nitrogens with zero attached hydrogens (tertiary/aromatic N) is 2. The summed E-state index contributed by atoms with van der Waals surface area (Å²) in [7, 11) is 0. The zero-order valence-electron chi connectivity index (χ0n) is 13.2. The molecule has 0 spiro atoms. The number of aryl methyl sites for hydroxylation is 4. The summed E-state index contributed by atoms with van der Waals surface area (Å²) in [6, 6.07) is 4.42. The normalized spacial score (nSPS) is 11.1. The van der Waals surface area contributed by atoms with E-state index in [1.807, 2.05) is 0 Å². The molecule has 0 saturated heterocycles. The third-order valence-corrected chi connectivity index (χ3v) is 3.97. The van der Waals surface area contributed by atoms with Crippen molar-refractivity contribution in [3.8, 4) is 11.3 Å². The topological polar surface area (TPSA) is 43.8 Å². The number of aromatic nitrogens is 2. The van der Waals surface area contributed by atoms with Gasteiger partial charge in [0.05, 0.1) is 0 Å². The molecule has 0 saturated carbocycles. The van der Waals surface area contributed by atoms with E-state index in [2.05, 4.69) is 51.3 Å². The van der Waals surface area contributed by atoms with Crippen molar-refractivity contribution in [1.82, 2.24) is 9.55 Å². The van der Waals surface area contributed by atoms with Gasteiger partial charge in [0.25, 0.3) is 0 Å². The van der Waals surface area contributed by atoms with Crippen molar-refractivity contribution in [3.05, 3.63) is 34.6 Å². The first kappa shape index (κ1) is 14.6. The predicted octanol–water partition coefficient (Wildman–Crippen LogP) is 4.03. The Balaban J connectivity index is 2.61. The molecule has 2 aromatic rings. The molecule has 0 amide bonds. The molecule has 1 aromatic heterocycles. The molecular formula is C17H25N3. The van der Waals surface area contributed by atoms with Gasteiger partial charge in [-0.05, 0) is 56.9 Å². The van der Waals surface area contributed by atoms with Gasteiger partial charge in [-0.2, -0.15) is 0 Å². The second-order valence-corrected chi connectivity index (χ2v) is 5.51. The molecule has 2 rings (SSSR count). The zero-order chi connectivity index (χ0) is 14.9. The van der Waals surface area contributed by atoms with Gasteiger partial charge in [0.15, 0.2) is 0 Å². The lowest BCUT2D eigenvalue weighted by Crippen LogP contribution is -2.05. The molecule has 0 aliphatic carbocycles. The van der Waals surface area contributed by atoms with Crippen LogP contribution < -0.4 is 5.73 Å². The van der Waals surface area contributed by atoms with Crippen molar-refractivity contribution in [2.75, 3.05) is 5.73 Å². The molecule has 1 aromatic carbocycles. The van der Waals surface area contributed by atoms with E-state index < -0.39 is 0 Å². The van der Waals surface area contributed by atoms with Crippen LogP contribution in [0, 0.1) is 20.8 Å². The predicted molar refractivity (Wildman–Crippen MR) is 86.0 cm³/mol. The lowest BCUT2D eigenvalue weighted by atomic mass is 9.99. The summed E-state index contributed by atoms with van der Waals surface area (Å²) < 4.78 is 2.13. The number of nitrogen functional groups attached to an aromatic ring is 1. The highest BCUT2D eigenvalue weighted by Gasteiger charge is 2.16. The van der Waals surface area contributed by atoms with Crippen molar-refractivity contribution in [2.24, 2.45) is 0 Å². The van der Waals surface area contributed by atoms with E-state index in [0.29, 0.717) is 0 Å². The number of anilines is 1. The average molecular weight is 271 g/mol. The zero-order valence-corrected chi connectivity index (χ0v) is 13.2. The molecule has 0 radical (unpaired) electrons. The SMILES string of the molecule is CCCc1nc(-c2cc(C)c(C)cc2C)c(N)n1CC. The molecule has 20 heavy (non-hydrogen) atoms. The second kappa shape index (κ2) is 5.70. The van der Waals surface area contributed by atoms with Crippen molar-refractivity contribution in [2.45, 2.75) is 54.0 Å². The third kappa shape index (κ3) is 2.45. The summed E-state index contributed by atoms with van der Waals surface area (Å²) in [5.41, 5.74) is 12.3. The van der Waals surface area contributed by atoms with Crippen molar-refractivity contribution in [1.29, 1.82) is 0 Å². The van der Waals surface area contributed by atoms with Crippen molar-refractivity contribution < 1.29 is 0 Å². The first-order valence-corrected chi connectivity index (χ1v) is 7.42. The van der Waals surface area contributed by atoms with Crippen LogP contribution >= 0.6 is 0 Å². The van der Waals surface area contributed by atoms with Gasteiger partial charge in [0.2, 0.25) is 0 Å². The number of rotatable bonds is 4. The molecule has 0 aliphatic heterocycles. The van der Waals surface area contributed by atoms with Gasteiger partial charge in [-0.15, -0.1) is 0 Å². The summed E-state index contributed by atoms with van der Waals surface area (Å²) in [6.45, 7) is 11.6. The Morgan fingerprint density at radius 1 is 1.05 bits per heavy atom. The number of benzene rings is 1. The Morgan fingerprint density at radius 3 is 2.30 bits per heavy atom. The first-order chi connectivity index (χ1) is 9.49. The highest BCUT2D eigenvalue weighted by Crippen LogP contribution is 2.31. The van der Waals surface area contributed by atoms with Gasteiger partial charge in [-0.25, -0.2) is 4.98 Å². The lowest BCUT2D eigenvalue weighted by molar-refractivity contribution is 0.690. The third-order valence-electron chi connectivity index (χ3n) is 3.97. The van der Waals surface area contributed by atoms with Crippen molar-refractivity contribution >= 4 is 5.82 Å². The summed E-state index contributed by atoms with van der Waals surface area (Å²) in [4.78, 5) is 4.81. The molecule has 2 N–H and O–H groups in total.